The maximum Gasteiger partial charge on any atom is 0.160 e. The van der Waals surface area contributed by atoms with Gasteiger partial charge in [-0.05, 0) is 42.5 Å². The zero-order chi connectivity index (χ0) is 21.5. The summed E-state index contributed by atoms with van der Waals surface area (Å²) >= 11 is 0. The van der Waals surface area contributed by atoms with Gasteiger partial charge in [0.05, 0.1) is 18.1 Å². The second kappa shape index (κ2) is 7.28. The molecule has 8 nitrogen and oxygen atoms in total. The molecule has 32 heavy (non-hydrogen) atoms. The summed E-state index contributed by atoms with van der Waals surface area (Å²) in [6, 6.07) is 14.4. The third-order valence-corrected chi connectivity index (χ3v) is 5.43. The summed E-state index contributed by atoms with van der Waals surface area (Å²) in [4.78, 5) is 22.2. The lowest BCUT2D eigenvalue weighted by atomic mass is 10.2. The summed E-state index contributed by atoms with van der Waals surface area (Å²) < 4.78 is 6.02. The number of nitrogens with zero attached hydrogens (tertiary/aromatic N) is 8. The number of hydrogen-bond donors (Lipinski definition) is 0. The first-order chi connectivity index (χ1) is 15.8. The molecule has 0 fully saturated rings. The molecule has 8 heteroatoms. The highest BCUT2D eigenvalue weighted by molar-refractivity contribution is 5.78. The molecule has 6 rings (SSSR count). The van der Waals surface area contributed by atoms with Gasteiger partial charge in [-0.2, -0.15) is 0 Å². The Balaban J connectivity index is 1.46. The number of aromatic nitrogens is 8. The van der Waals surface area contributed by atoms with E-state index in [1.54, 1.807) is 18.6 Å². The van der Waals surface area contributed by atoms with E-state index in [0.29, 0.717) is 0 Å². The zero-order valence-corrected chi connectivity index (χ0v) is 17.2. The molecule has 0 radical (unpaired) electrons. The number of rotatable bonds is 4. The van der Waals surface area contributed by atoms with Crippen LogP contribution in [0.4, 0.5) is 0 Å². The summed E-state index contributed by atoms with van der Waals surface area (Å²) in [6.07, 6.45) is 14.5. The Morgan fingerprint density at radius 2 is 1.59 bits per heavy atom. The lowest BCUT2D eigenvalue weighted by Gasteiger charge is -2.09. The molecule has 0 saturated heterocycles. The van der Waals surface area contributed by atoms with Crippen LogP contribution in [0.3, 0.4) is 0 Å². The summed E-state index contributed by atoms with van der Waals surface area (Å²) in [5.41, 5.74) is 4.55. The van der Waals surface area contributed by atoms with Gasteiger partial charge in [-0.3, -0.25) is 4.57 Å². The highest BCUT2D eigenvalue weighted by Crippen LogP contribution is 2.28. The van der Waals surface area contributed by atoms with Crippen LogP contribution >= 0.6 is 0 Å². The van der Waals surface area contributed by atoms with E-state index in [1.807, 2.05) is 47.0 Å². The topological polar surface area (TPSA) is 79.2 Å². The Labute approximate surface area is 183 Å². The molecule has 5 aromatic heterocycles. The Kier molecular flexibility index (Phi) is 4.14. The lowest BCUT2D eigenvalue weighted by molar-refractivity contribution is 0.919. The normalized spacial score (nSPS) is 11.3. The minimum Gasteiger partial charge on any atom is -0.333 e. The molecule has 1 aromatic carbocycles. The van der Waals surface area contributed by atoms with Gasteiger partial charge in [0.2, 0.25) is 0 Å². The average Bonchev–Trinajstić information content (AvgIpc) is 3.57. The quantitative estimate of drug-likeness (QED) is 0.431. The van der Waals surface area contributed by atoms with Gasteiger partial charge in [-0.25, -0.2) is 24.9 Å². The van der Waals surface area contributed by atoms with E-state index in [4.69, 9.17) is 4.98 Å². The number of benzene rings is 1. The zero-order valence-electron chi connectivity index (χ0n) is 17.2. The van der Waals surface area contributed by atoms with Gasteiger partial charge in [-0.1, -0.05) is 0 Å². The third kappa shape index (κ3) is 2.97. The summed E-state index contributed by atoms with van der Waals surface area (Å²) in [6.45, 7) is 0. The van der Waals surface area contributed by atoms with E-state index in [-0.39, 0.29) is 0 Å². The molecule has 0 amide bonds. The van der Waals surface area contributed by atoms with Crippen LogP contribution in [0.25, 0.3) is 45.3 Å². The molecule has 0 aliphatic carbocycles. The highest BCUT2D eigenvalue weighted by Gasteiger charge is 2.16. The molecule has 0 atom stereocenters. The predicted molar refractivity (Wildman–Crippen MR) is 121 cm³/mol. The molecule has 6 aromatic rings. The van der Waals surface area contributed by atoms with Crippen LogP contribution in [0, 0.1) is 0 Å². The van der Waals surface area contributed by atoms with Crippen LogP contribution in [0.2, 0.25) is 0 Å². The minimum atomic E-state index is 0.779. The van der Waals surface area contributed by atoms with Crippen LogP contribution in [0.15, 0.2) is 92.2 Å². The molecule has 0 aliphatic rings. The molecule has 0 bridgehead atoms. The summed E-state index contributed by atoms with van der Waals surface area (Å²) in [7, 11) is 1.96. The van der Waals surface area contributed by atoms with Crippen molar-refractivity contribution < 1.29 is 0 Å². The second-order valence-corrected chi connectivity index (χ2v) is 7.43. The highest BCUT2D eigenvalue weighted by atomic mass is 15.1. The Bertz CT molecular complexity index is 1520. The van der Waals surface area contributed by atoms with Crippen molar-refractivity contribution in [1.29, 1.82) is 0 Å². The fraction of sp³-hybridized carbons (Fsp3) is 0.0417. The van der Waals surface area contributed by atoms with E-state index in [1.165, 1.54) is 6.33 Å². The van der Waals surface area contributed by atoms with Crippen molar-refractivity contribution in [3.8, 4) is 34.3 Å². The number of pyridine rings is 1. The molecule has 0 aliphatic heterocycles. The second-order valence-electron chi connectivity index (χ2n) is 7.43. The van der Waals surface area contributed by atoms with E-state index < -0.39 is 0 Å². The minimum absolute atomic E-state index is 0.779. The van der Waals surface area contributed by atoms with Crippen molar-refractivity contribution in [3.63, 3.8) is 0 Å². The maximum absolute atomic E-state index is 4.91. The van der Waals surface area contributed by atoms with E-state index in [9.17, 15) is 0 Å². The number of imidazole rings is 2. The van der Waals surface area contributed by atoms with Gasteiger partial charge in [0.25, 0.3) is 0 Å². The van der Waals surface area contributed by atoms with Crippen molar-refractivity contribution in [1.82, 2.24) is 38.6 Å². The van der Waals surface area contributed by atoms with Crippen LogP contribution in [0.1, 0.15) is 0 Å². The molecular weight excluding hydrogens is 400 g/mol. The van der Waals surface area contributed by atoms with Crippen LogP contribution in [0.5, 0.6) is 0 Å². The summed E-state index contributed by atoms with van der Waals surface area (Å²) in [5, 5.41) is 1.11. The van der Waals surface area contributed by atoms with E-state index >= 15 is 0 Å². The first-order valence-electron chi connectivity index (χ1n) is 10.1. The van der Waals surface area contributed by atoms with Crippen LogP contribution in [-0.4, -0.2) is 38.6 Å². The van der Waals surface area contributed by atoms with Gasteiger partial charge >= 0.3 is 0 Å². The Hall–Kier alpha value is -4.59. The molecule has 0 N–H and O–H groups in total. The molecule has 154 valence electrons. The standard InChI is InChI=1S/C24H18N8/c1-30-12-10-28-24(30)21-15-32(20-13-25-16-26-14-20)23(29-21)18-4-6-19(7-5-18)31-11-8-17-3-2-9-27-22(17)31/h2-16H,1H3. The smallest absolute Gasteiger partial charge is 0.160 e. The number of hydrogen-bond acceptors (Lipinski definition) is 5. The van der Waals surface area contributed by atoms with Gasteiger partial charge in [-0.15, -0.1) is 0 Å². The van der Waals surface area contributed by atoms with Gasteiger partial charge in [0, 0.05) is 54.7 Å². The largest absolute Gasteiger partial charge is 0.333 e. The average molecular weight is 418 g/mol. The van der Waals surface area contributed by atoms with Crippen molar-refractivity contribution in [2.45, 2.75) is 0 Å². The Morgan fingerprint density at radius 1 is 0.750 bits per heavy atom. The first-order valence-corrected chi connectivity index (χ1v) is 10.1. The third-order valence-electron chi connectivity index (χ3n) is 5.43. The molecule has 0 unspecified atom stereocenters. The van der Waals surface area contributed by atoms with Crippen molar-refractivity contribution >= 4 is 11.0 Å². The molecule has 5 heterocycles. The van der Waals surface area contributed by atoms with Crippen molar-refractivity contribution in [2.75, 3.05) is 0 Å². The monoisotopic (exact) mass is 418 g/mol. The molecular formula is C24H18N8. The summed E-state index contributed by atoms with van der Waals surface area (Å²) in [5.74, 6) is 1.59. The van der Waals surface area contributed by atoms with Crippen LogP contribution in [-0.2, 0) is 7.05 Å². The van der Waals surface area contributed by atoms with Gasteiger partial charge in [0.15, 0.2) is 5.82 Å². The van der Waals surface area contributed by atoms with Gasteiger partial charge in [0.1, 0.15) is 23.5 Å². The van der Waals surface area contributed by atoms with Crippen molar-refractivity contribution in [2.24, 2.45) is 7.05 Å². The molecule has 0 spiro atoms. The molecule has 0 saturated carbocycles. The van der Waals surface area contributed by atoms with E-state index in [0.717, 1.165) is 45.3 Å². The first kappa shape index (κ1) is 18.2. The maximum atomic E-state index is 4.91. The lowest BCUT2D eigenvalue weighted by Crippen LogP contribution is -1.98. The van der Waals surface area contributed by atoms with Crippen molar-refractivity contribution in [3.05, 3.63) is 92.2 Å². The number of aryl methyl sites for hydroxylation is 1. The predicted octanol–water partition coefficient (Wildman–Crippen LogP) is 4.07. The van der Waals surface area contributed by atoms with E-state index in [2.05, 4.69) is 60.9 Å². The number of fused-ring (bicyclic) bond motifs is 1. The SMILES string of the molecule is Cn1ccnc1-c1cn(-c2cncnc2)c(-c2ccc(-n3ccc4cccnc43)cc2)n1. The van der Waals surface area contributed by atoms with Crippen LogP contribution < -0.4 is 0 Å². The fourth-order valence-electron chi connectivity index (χ4n) is 3.86. The fourth-order valence-corrected chi connectivity index (χ4v) is 3.86. The van der Waals surface area contributed by atoms with Gasteiger partial charge < -0.3 is 9.13 Å². The Morgan fingerprint density at radius 3 is 2.38 bits per heavy atom.